The number of rotatable bonds is 10. The van der Waals surface area contributed by atoms with Gasteiger partial charge in [-0.1, -0.05) is 58.5 Å². The van der Waals surface area contributed by atoms with Crippen LogP contribution >= 0.6 is 0 Å². The minimum Gasteiger partial charge on any atom is -0.507 e. The maximum Gasteiger partial charge on any atom is 0.173 e. The molecule has 2 aliphatic rings. The average molecular weight is 604 g/mol. The number of benzene rings is 2. The van der Waals surface area contributed by atoms with Gasteiger partial charge in [-0.05, 0) is 85.9 Å². The smallest absolute Gasteiger partial charge is 0.173 e. The molecule has 8 nitrogen and oxygen atoms in total. The number of fused-ring (bicyclic) bond motifs is 2. The number of nitrogens with two attached hydrogens (primary N) is 1. The summed E-state index contributed by atoms with van der Waals surface area (Å²) >= 11 is 0. The number of aryl methyl sites for hydroxylation is 1. The van der Waals surface area contributed by atoms with E-state index in [-0.39, 0.29) is 52.1 Å². The second-order valence-electron chi connectivity index (χ2n) is 13.8. The summed E-state index contributed by atoms with van der Waals surface area (Å²) in [6, 6.07) is 9.82. The molecule has 238 valence electrons. The van der Waals surface area contributed by atoms with Crippen LogP contribution in [0.1, 0.15) is 68.9 Å². The number of phenolic OH excluding ortho intramolecular Hbond substituents is 1. The van der Waals surface area contributed by atoms with Crippen LogP contribution in [0.5, 0.6) is 5.75 Å². The number of anilines is 1. The lowest BCUT2D eigenvalue weighted by Crippen LogP contribution is -2.52. The molecule has 4 rings (SSSR count). The van der Waals surface area contributed by atoms with Gasteiger partial charge >= 0.3 is 0 Å². The van der Waals surface area contributed by atoms with Gasteiger partial charge in [-0.15, -0.1) is 0 Å². The van der Waals surface area contributed by atoms with Crippen molar-refractivity contribution in [2.45, 2.75) is 71.9 Å². The van der Waals surface area contributed by atoms with Crippen LogP contribution in [0.3, 0.4) is 0 Å². The predicted octanol–water partition coefficient (Wildman–Crippen LogP) is 5.11. The second-order valence-corrected chi connectivity index (χ2v) is 13.8. The largest absolute Gasteiger partial charge is 0.507 e. The number of hydrogen-bond donors (Lipinski definition) is 5. The quantitative estimate of drug-likeness (QED) is 0.187. The average Bonchev–Trinajstić information content (AvgIpc) is 2.95. The molecule has 2 unspecified atom stereocenters. The molecule has 0 aliphatic heterocycles. The zero-order valence-electron chi connectivity index (χ0n) is 27.2. The number of aromatic hydroxyl groups is 1. The molecule has 0 amide bonds. The SMILES string of the molecule is C=C(N)C(C)C(=O)C1C(=O)C2=C(O)c3c(O)c(NCc4ccc(C(C)(C)C)cc4)cc(CC)c3C[C@H]2C[C@H]1[C@@H](CO)N(C)C. The molecular weight excluding hydrogens is 554 g/mol. The van der Waals surface area contributed by atoms with E-state index in [0.29, 0.717) is 31.5 Å². The number of hydrogen-bond acceptors (Lipinski definition) is 8. The third-order valence-electron chi connectivity index (χ3n) is 9.70. The Morgan fingerprint density at radius 3 is 2.34 bits per heavy atom. The Kier molecular flexibility index (Phi) is 9.66. The number of aliphatic hydroxyl groups excluding tert-OH is 2. The Hall–Kier alpha value is -3.62. The number of allylic oxidation sites excluding steroid dienone is 2. The maximum absolute atomic E-state index is 14.3. The number of likely N-dealkylation sites (N-methyl/N-ethyl adjacent to an activating group) is 1. The summed E-state index contributed by atoms with van der Waals surface area (Å²) in [7, 11) is 3.63. The highest BCUT2D eigenvalue weighted by atomic mass is 16.3. The van der Waals surface area contributed by atoms with E-state index in [1.807, 2.05) is 32.0 Å². The van der Waals surface area contributed by atoms with E-state index in [2.05, 4.69) is 56.9 Å². The van der Waals surface area contributed by atoms with E-state index in [1.54, 1.807) is 6.92 Å². The lowest BCUT2D eigenvalue weighted by atomic mass is 9.61. The summed E-state index contributed by atoms with van der Waals surface area (Å²) in [5, 5.41) is 36.9. The molecule has 2 aromatic carbocycles. The first-order chi connectivity index (χ1) is 20.6. The molecule has 0 heterocycles. The van der Waals surface area contributed by atoms with Gasteiger partial charge in [-0.2, -0.15) is 0 Å². The van der Waals surface area contributed by atoms with E-state index in [9.17, 15) is 24.9 Å². The van der Waals surface area contributed by atoms with Gasteiger partial charge in [-0.25, -0.2) is 0 Å². The highest BCUT2D eigenvalue weighted by Gasteiger charge is 2.51. The van der Waals surface area contributed by atoms with E-state index in [1.165, 1.54) is 5.56 Å². The van der Waals surface area contributed by atoms with Gasteiger partial charge in [-0.3, -0.25) is 9.59 Å². The number of carbonyl (C=O) groups is 2. The maximum atomic E-state index is 14.3. The molecule has 2 aromatic rings. The number of nitrogens with one attached hydrogen (secondary N) is 1. The number of nitrogens with zero attached hydrogens (tertiary/aromatic N) is 1. The highest BCUT2D eigenvalue weighted by molar-refractivity contribution is 6.16. The van der Waals surface area contributed by atoms with Gasteiger partial charge in [0.15, 0.2) is 11.6 Å². The molecule has 0 bridgehead atoms. The molecule has 0 aromatic heterocycles. The summed E-state index contributed by atoms with van der Waals surface area (Å²) in [6.45, 7) is 14.1. The van der Waals surface area contributed by atoms with Crippen molar-refractivity contribution in [3.8, 4) is 5.75 Å². The zero-order chi connectivity index (χ0) is 32.7. The summed E-state index contributed by atoms with van der Waals surface area (Å²) in [6.07, 6.45) is 1.52. The van der Waals surface area contributed by atoms with Gasteiger partial charge in [0.1, 0.15) is 11.5 Å². The van der Waals surface area contributed by atoms with Gasteiger partial charge < -0.3 is 31.3 Å². The fourth-order valence-electron chi connectivity index (χ4n) is 6.90. The first-order valence-electron chi connectivity index (χ1n) is 15.6. The minimum absolute atomic E-state index is 0.0453. The Bertz CT molecular complexity index is 1470. The topological polar surface area (TPSA) is 136 Å². The monoisotopic (exact) mass is 603 g/mol. The minimum atomic E-state index is -1.11. The molecule has 6 N–H and O–H groups in total. The van der Waals surface area contributed by atoms with Crippen molar-refractivity contribution in [1.82, 2.24) is 4.90 Å². The molecule has 0 saturated heterocycles. The second kappa shape index (κ2) is 12.8. The van der Waals surface area contributed by atoms with Crippen LogP contribution in [0, 0.1) is 23.7 Å². The van der Waals surface area contributed by atoms with E-state index >= 15 is 0 Å². The van der Waals surface area contributed by atoms with Crippen molar-refractivity contribution in [2.24, 2.45) is 29.4 Å². The number of Topliss-reactive ketones (excluding diaryl/α,β-unsaturated/α-hetero) is 2. The van der Waals surface area contributed by atoms with Crippen molar-refractivity contribution in [1.29, 1.82) is 0 Å². The van der Waals surface area contributed by atoms with Crippen molar-refractivity contribution in [3.63, 3.8) is 0 Å². The normalized spacial score (nSPS) is 21.5. The van der Waals surface area contributed by atoms with Gasteiger partial charge in [0.05, 0.1) is 29.7 Å². The summed E-state index contributed by atoms with van der Waals surface area (Å²) in [5.41, 5.74) is 11.1. The molecule has 1 fully saturated rings. The predicted molar refractivity (Wildman–Crippen MR) is 175 cm³/mol. The molecule has 8 heteroatoms. The van der Waals surface area contributed by atoms with Crippen molar-refractivity contribution >= 4 is 23.0 Å². The lowest BCUT2D eigenvalue weighted by Gasteiger charge is -2.44. The highest BCUT2D eigenvalue weighted by Crippen LogP contribution is 2.50. The van der Waals surface area contributed by atoms with Crippen LogP contribution in [0.4, 0.5) is 5.69 Å². The van der Waals surface area contributed by atoms with E-state index in [0.717, 1.165) is 16.7 Å². The Balaban J connectivity index is 1.76. The van der Waals surface area contributed by atoms with Crippen LogP contribution in [-0.2, 0) is 34.4 Å². The number of carbonyl (C=O) groups excluding carboxylic acids is 2. The molecule has 44 heavy (non-hydrogen) atoms. The third-order valence-corrected chi connectivity index (χ3v) is 9.70. The molecular formula is C36H49N3O5. The number of phenols is 1. The van der Waals surface area contributed by atoms with Crippen LogP contribution in [0.15, 0.2) is 48.2 Å². The third kappa shape index (κ3) is 6.15. The van der Waals surface area contributed by atoms with E-state index < -0.39 is 29.6 Å². The summed E-state index contributed by atoms with van der Waals surface area (Å²) < 4.78 is 0. The molecule has 1 saturated carbocycles. The van der Waals surface area contributed by atoms with Gasteiger partial charge in [0.25, 0.3) is 0 Å². The standard InChI is InChI=1S/C36H49N3O5/c1-9-22-16-27(38-17-21-10-12-24(13-11-21)36(4,5)6)33(42)30-25(22)14-23-15-26(28(18-40)39(7)8)31(32(41)19(2)20(3)37)35(44)29(23)34(30)43/h10-13,16,19,23,26,28,31,38,40,42-43H,3,9,14-15,17-18,37H2,1-2,4-8H3/t19?,23-,26-,28+,31?/m0/s1. The first-order valence-corrected chi connectivity index (χ1v) is 15.6. The van der Waals surface area contributed by atoms with Crippen LogP contribution in [0.2, 0.25) is 0 Å². The van der Waals surface area contributed by atoms with E-state index in [4.69, 9.17) is 5.73 Å². The van der Waals surface area contributed by atoms with Crippen LogP contribution in [-0.4, -0.2) is 58.5 Å². The zero-order valence-corrected chi connectivity index (χ0v) is 27.2. The summed E-state index contributed by atoms with van der Waals surface area (Å²) in [5.74, 6) is -3.95. The molecule has 2 aliphatic carbocycles. The Morgan fingerprint density at radius 1 is 1.18 bits per heavy atom. The van der Waals surface area contributed by atoms with Crippen molar-refractivity contribution < 1.29 is 24.9 Å². The Labute approximate surface area is 261 Å². The lowest BCUT2D eigenvalue weighted by molar-refractivity contribution is -0.138. The molecule has 0 radical (unpaired) electrons. The molecule has 0 spiro atoms. The van der Waals surface area contributed by atoms with Crippen molar-refractivity contribution in [2.75, 3.05) is 26.0 Å². The summed E-state index contributed by atoms with van der Waals surface area (Å²) in [4.78, 5) is 29.8. The number of aliphatic hydroxyl groups is 2. The van der Waals surface area contributed by atoms with Gasteiger partial charge in [0, 0.05) is 23.9 Å². The van der Waals surface area contributed by atoms with Gasteiger partial charge in [0.2, 0.25) is 0 Å². The van der Waals surface area contributed by atoms with Crippen LogP contribution < -0.4 is 11.1 Å². The Morgan fingerprint density at radius 2 is 1.82 bits per heavy atom. The fourth-order valence-corrected chi connectivity index (χ4v) is 6.90. The fraction of sp³-hybridized carbons (Fsp3) is 0.500. The first kappa shape index (κ1) is 33.3. The van der Waals surface area contributed by atoms with Crippen molar-refractivity contribution in [3.05, 3.63) is 76.0 Å². The molecule has 5 atom stereocenters. The van der Waals surface area contributed by atoms with Crippen LogP contribution in [0.25, 0.3) is 5.76 Å². The number of ketones is 2.